The molecule has 2 aromatic rings. The van der Waals surface area contributed by atoms with E-state index in [1.54, 1.807) is 18.3 Å². The van der Waals surface area contributed by atoms with Crippen molar-refractivity contribution in [3.63, 3.8) is 0 Å². The smallest absolute Gasteiger partial charge is 0.335 e. The molecule has 0 radical (unpaired) electrons. The molecule has 1 aromatic carbocycles. The summed E-state index contributed by atoms with van der Waals surface area (Å²) in [5, 5.41) is 16.5. The molecule has 1 heterocycles. The van der Waals surface area contributed by atoms with Gasteiger partial charge in [0.15, 0.2) is 0 Å². The van der Waals surface area contributed by atoms with Gasteiger partial charge in [-0.15, -0.1) is 5.73 Å². The average Bonchev–Trinajstić information content (AvgIpc) is 3.21. The standard InChI is InChI=1S/C28H37N3O2/c1-8-16-29-24-25(28(6,7)15-14-27(24,4)5)30-19(3)23-17-22(18-31(23)9-2)20-10-12-21(13-11-20)26(32)33/h10-13,16-19,29-30H,1,9,14-15H2,2-7H3,(H,32,33). The second-order valence-electron chi connectivity index (χ2n) is 10.2. The molecule has 33 heavy (non-hydrogen) atoms. The van der Waals surface area contributed by atoms with Gasteiger partial charge in [-0.05, 0) is 56.0 Å². The molecule has 0 aliphatic heterocycles. The van der Waals surface area contributed by atoms with Gasteiger partial charge in [-0.2, -0.15) is 0 Å². The molecule has 0 spiro atoms. The third kappa shape index (κ3) is 5.09. The molecular formula is C28H37N3O2. The molecule has 1 atom stereocenters. The molecule has 0 saturated carbocycles. The number of carboxylic acids is 1. The van der Waals surface area contributed by atoms with Crippen molar-refractivity contribution < 1.29 is 9.90 Å². The number of allylic oxidation sites excluding steroid dienone is 2. The number of rotatable bonds is 8. The average molecular weight is 448 g/mol. The predicted octanol–water partition coefficient (Wildman–Crippen LogP) is 6.47. The lowest BCUT2D eigenvalue weighted by Crippen LogP contribution is -2.41. The second-order valence-corrected chi connectivity index (χ2v) is 10.2. The Morgan fingerprint density at radius 1 is 1.15 bits per heavy atom. The van der Waals surface area contributed by atoms with E-state index in [0.29, 0.717) is 5.56 Å². The van der Waals surface area contributed by atoms with Crippen LogP contribution in [0, 0.1) is 10.8 Å². The third-order valence-electron chi connectivity index (χ3n) is 6.84. The minimum atomic E-state index is -0.909. The molecule has 3 N–H and O–H groups in total. The highest BCUT2D eigenvalue weighted by molar-refractivity contribution is 5.88. The Morgan fingerprint density at radius 2 is 1.76 bits per heavy atom. The molecule has 1 aliphatic carbocycles. The molecule has 176 valence electrons. The van der Waals surface area contributed by atoms with Gasteiger partial charge in [0.2, 0.25) is 0 Å². The Morgan fingerprint density at radius 3 is 2.30 bits per heavy atom. The van der Waals surface area contributed by atoms with Gasteiger partial charge < -0.3 is 20.3 Å². The fourth-order valence-corrected chi connectivity index (χ4v) is 4.63. The number of hydrogen-bond donors (Lipinski definition) is 3. The lowest BCUT2D eigenvalue weighted by Gasteiger charge is -2.44. The number of benzene rings is 1. The zero-order chi connectivity index (χ0) is 24.4. The molecule has 5 heteroatoms. The number of hydrogen-bond acceptors (Lipinski definition) is 3. The SMILES string of the molecule is C=C=CNC1=C(NC(C)c2cc(-c3ccc(C(=O)O)cc3)cn2CC)C(C)(C)CCC1(C)C. The van der Waals surface area contributed by atoms with Gasteiger partial charge in [0.05, 0.1) is 11.6 Å². The number of carboxylic acid groups (broad SMARTS) is 1. The van der Waals surface area contributed by atoms with Crippen LogP contribution < -0.4 is 10.6 Å². The number of nitrogens with one attached hydrogen (secondary N) is 2. The molecule has 1 aliphatic rings. The van der Waals surface area contributed by atoms with Crippen LogP contribution in [0.5, 0.6) is 0 Å². The van der Waals surface area contributed by atoms with Crippen LogP contribution in [-0.4, -0.2) is 15.6 Å². The first-order valence-corrected chi connectivity index (χ1v) is 11.7. The van der Waals surface area contributed by atoms with Crippen molar-refractivity contribution in [1.29, 1.82) is 0 Å². The first-order chi connectivity index (χ1) is 15.5. The zero-order valence-electron chi connectivity index (χ0n) is 20.7. The lowest BCUT2D eigenvalue weighted by molar-refractivity contribution is 0.0697. The minimum Gasteiger partial charge on any atom is -0.478 e. The molecule has 0 fully saturated rings. The van der Waals surface area contributed by atoms with E-state index in [9.17, 15) is 9.90 Å². The van der Waals surface area contributed by atoms with Gasteiger partial charge >= 0.3 is 5.97 Å². The highest BCUT2D eigenvalue weighted by Gasteiger charge is 2.40. The summed E-state index contributed by atoms with van der Waals surface area (Å²) >= 11 is 0. The van der Waals surface area contributed by atoms with Crippen molar-refractivity contribution >= 4 is 5.97 Å². The summed E-state index contributed by atoms with van der Waals surface area (Å²) in [5.41, 5.74) is 8.90. The van der Waals surface area contributed by atoms with Crippen LogP contribution in [0.4, 0.5) is 0 Å². The number of carbonyl (C=O) groups is 1. The van der Waals surface area contributed by atoms with Crippen molar-refractivity contribution in [2.45, 2.75) is 67.0 Å². The molecule has 5 nitrogen and oxygen atoms in total. The van der Waals surface area contributed by atoms with Crippen LogP contribution in [0.15, 0.2) is 66.4 Å². The van der Waals surface area contributed by atoms with Crippen LogP contribution in [-0.2, 0) is 6.54 Å². The predicted molar refractivity (Wildman–Crippen MR) is 135 cm³/mol. The maximum absolute atomic E-state index is 11.2. The van der Waals surface area contributed by atoms with E-state index in [0.717, 1.165) is 30.5 Å². The van der Waals surface area contributed by atoms with Gasteiger partial charge in [-0.3, -0.25) is 0 Å². The molecule has 1 unspecified atom stereocenters. The maximum atomic E-state index is 11.2. The normalized spacial score (nSPS) is 17.8. The topological polar surface area (TPSA) is 66.3 Å². The monoisotopic (exact) mass is 447 g/mol. The van der Waals surface area contributed by atoms with Crippen LogP contribution in [0.1, 0.15) is 76.5 Å². The van der Waals surface area contributed by atoms with E-state index < -0.39 is 5.97 Å². The summed E-state index contributed by atoms with van der Waals surface area (Å²) in [6, 6.07) is 9.36. The van der Waals surface area contributed by atoms with Crippen LogP contribution in [0.3, 0.4) is 0 Å². The van der Waals surface area contributed by atoms with E-state index in [4.69, 9.17) is 0 Å². The summed E-state index contributed by atoms with van der Waals surface area (Å²) in [6.45, 7) is 18.1. The Hall–Kier alpha value is -3.17. The van der Waals surface area contributed by atoms with Crippen LogP contribution >= 0.6 is 0 Å². The minimum absolute atomic E-state index is 0.0141. The summed E-state index contributed by atoms with van der Waals surface area (Å²) < 4.78 is 2.26. The van der Waals surface area contributed by atoms with Gasteiger partial charge in [-0.25, -0.2) is 4.79 Å². The number of aromatic nitrogens is 1. The van der Waals surface area contributed by atoms with Gasteiger partial charge in [0.25, 0.3) is 0 Å². The maximum Gasteiger partial charge on any atom is 0.335 e. The fourth-order valence-electron chi connectivity index (χ4n) is 4.63. The number of aromatic carboxylic acids is 1. The van der Waals surface area contributed by atoms with E-state index >= 15 is 0 Å². The van der Waals surface area contributed by atoms with Crippen LogP contribution in [0.25, 0.3) is 11.1 Å². The van der Waals surface area contributed by atoms with Crippen molar-refractivity contribution in [2.75, 3.05) is 0 Å². The Balaban J connectivity index is 1.98. The summed E-state index contributed by atoms with van der Waals surface area (Å²) in [6.07, 6.45) is 6.15. The largest absolute Gasteiger partial charge is 0.478 e. The Bertz CT molecular complexity index is 1100. The molecular weight excluding hydrogens is 410 g/mol. The Labute approximate surface area is 197 Å². The van der Waals surface area contributed by atoms with Crippen molar-refractivity contribution in [3.8, 4) is 11.1 Å². The van der Waals surface area contributed by atoms with Crippen molar-refractivity contribution in [3.05, 3.63) is 77.7 Å². The van der Waals surface area contributed by atoms with E-state index in [1.165, 1.54) is 17.1 Å². The highest BCUT2D eigenvalue weighted by Crippen LogP contribution is 2.47. The first kappa shape index (κ1) is 24.5. The first-order valence-electron chi connectivity index (χ1n) is 11.7. The quantitative estimate of drug-likeness (QED) is 0.406. The van der Waals surface area contributed by atoms with E-state index in [2.05, 4.69) is 81.3 Å². The third-order valence-corrected chi connectivity index (χ3v) is 6.84. The fraction of sp³-hybridized carbons (Fsp3) is 0.429. The van der Waals surface area contributed by atoms with Gasteiger partial charge in [0, 0.05) is 46.9 Å². The number of aryl methyl sites for hydroxylation is 1. The summed E-state index contributed by atoms with van der Waals surface area (Å²) in [5.74, 6) is -0.909. The van der Waals surface area contributed by atoms with Gasteiger partial charge in [0.1, 0.15) is 0 Å². The zero-order valence-corrected chi connectivity index (χ0v) is 20.7. The molecule has 0 bridgehead atoms. The van der Waals surface area contributed by atoms with Crippen LogP contribution in [0.2, 0.25) is 0 Å². The highest BCUT2D eigenvalue weighted by atomic mass is 16.4. The molecule has 0 amide bonds. The summed E-state index contributed by atoms with van der Waals surface area (Å²) in [7, 11) is 0. The van der Waals surface area contributed by atoms with Crippen molar-refractivity contribution in [1.82, 2.24) is 15.2 Å². The molecule has 3 rings (SSSR count). The van der Waals surface area contributed by atoms with Gasteiger partial charge in [-0.1, -0.05) is 46.4 Å². The van der Waals surface area contributed by atoms with E-state index in [1.807, 2.05) is 12.1 Å². The number of nitrogens with zero attached hydrogens (tertiary/aromatic N) is 1. The Kier molecular flexibility index (Phi) is 6.94. The van der Waals surface area contributed by atoms with Crippen molar-refractivity contribution in [2.24, 2.45) is 10.8 Å². The lowest BCUT2D eigenvalue weighted by atomic mass is 9.67. The second kappa shape index (κ2) is 9.36. The summed E-state index contributed by atoms with van der Waals surface area (Å²) in [4.78, 5) is 11.2. The van der Waals surface area contributed by atoms with E-state index in [-0.39, 0.29) is 16.9 Å². The molecule has 1 aromatic heterocycles. The molecule has 0 saturated heterocycles.